The molecule has 2 aromatic carbocycles. The molecule has 2 aliphatic rings. The van der Waals surface area contributed by atoms with E-state index in [0.717, 1.165) is 41.6 Å². The van der Waals surface area contributed by atoms with E-state index in [4.69, 9.17) is 4.98 Å². The molecule has 1 aliphatic carbocycles. The van der Waals surface area contributed by atoms with Gasteiger partial charge in [0, 0.05) is 13.0 Å². The lowest BCUT2D eigenvalue weighted by Gasteiger charge is -2.22. The second-order valence-corrected chi connectivity index (χ2v) is 10.5. The molecule has 1 aromatic heterocycles. The molecule has 34 heavy (non-hydrogen) atoms. The first kappa shape index (κ1) is 22.7. The van der Waals surface area contributed by atoms with Crippen molar-refractivity contribution in [1.29, 1.82) is 0 Å². The lowest BCUT2D eigenvalue weighted by Crippen LogP contribution is -2.36. The standard InChI is InChI=1S/C27H29N3O3S/c1-17(2)18-11-13-19(14-12-18)30(27-28-22-9-5-6-10-23(22)34-27)24(31)15-16-29-25(32)20-7-3-4-8-21(20)26(29)33/h5-6,9-14,17,20-21H,3-4,7-8,15-16H2,1-2H3/t20-,21+. The summed E-state index contributed by atoms with van der Waals surface area (Å²) in [6, 6.07) is 15.8. The number of imide groups is 1. The van der Waals surface area contributed by atoms with Gasteiger partial charge >= 0.3 is 0 Å². The Morgan fingerprint density at radius 2 is 1.68 bits per heavy atom. The summed E-state index contributed by atoms with van der Waals surface area (Å²) in [5.41, 5.74) is 2.77. The molecule has 5 rings (SSSR count). The molecule has 0 radical (unpaired) electrons. The molecule has 3 aromatic rings. The number of nitrogens with zero attached hydrogens (tertiary/aromatic N) is 3. The summed E-state index contributed by atoms with van der Waals surface area (Å²) in [5, 5.41) is 0.594. The van der Waals surface area contributed by atoms with Crippen molar-refractivity contribution in [2.24, 2.45) is 11.8 Å². The number of hydrogen-bond donors (Lipinski definition) is 0. The van der Waals surface area contributed by atoms with Crippen molar-refractivity contribution in [3.63, 3.8) is 0 Å². The number of likely N-dealkylation sites (tertiary alicyclic amines) is 1. The monoisotopic (exact) mass is 475 g/mol. The Labute approximate surface area is 203 Å². The highest BCUT2D eigenvalue weighted by molar-refractivity contribution is 7.22. The predicted molar refractivity (Wildman–Crippen MR) is 134 cm³/mol. The van der Waals surface area contributed by atoms with Crippen LogP contribution in [0.4, 0.5) is 10.8 Å². The fraction of sp³-hybridized carbons (Fsp3) is 0.407. The molecule has 2 fully saturated rings. The predicted octanol–water partition coefficient (Wildman–Crippen LogP) is 5.65. The van der Waals surface area contributed by atoms with Gasteiger partial charge in [-0.3, -0.25) is 24.2 Å². The maximum absolute atomic E-state index is 13.6. The summed E-state index contributed by atoms with van der Waals surface area (Å²) in [4.78, 5) is 47.0. The molecule has 1 saturated heterocycles. The second-order valence-electron chi connectivity index (χ2n) is 9.52. The van der Waals surface area contributed by atoms with Crippen LogP contribution >= 0.6 is 11.3 Å². The van der Waals surface area contributed by atoms with Gasteiger partial charge in [0.05, 0.1) is 27.7 Å². The molecule has 0 spiro atoms. The van der Waals surface area contributed by atoms with Crippen molar-refractivity contribution < 1.29 is 14.4 Å². The number of para-hydroxylation sites is 1. The van der Waals surface area contributed by atoms with Gasteiger partial charge in [-0.2, -0.15) is 0 Å². The first-order chi connectivity index (χ1) is 16.4. The Hall–Kier alpha value is -3.06. The first-order valence-electron chi connectivity index (χ1n) is 12.1. The summed E-state index contributed by atoms with van der Waals surface area (Å²) >= 11 is 1.46. The molecular formula is C27H29N3O3S. The van der Waals surface area contributed by atoms with E-state index >= 15 is 0 Å². The number of hydrogen-bond acceptors (Lipinski definition) is 5. The van der Waals surface area contributed by atoms with Gasteiger partial charge in [0.15, 0.2) is 5.13 Å². The quantitative estimate of drug-likeness (QED) is 0.432. The Morgan fingerprint density at radius 3 is 2.29 bits per heavy atom. The highest BCUT2D eigenvalue weighted by Gasteiger charge is 2.48. The van der Waals surface area contributed by atoms with E-state index in [1.54, 1.807) is 4.90 Å². The smallest absolute Gasteiger partial charge is 0.235 e. The Kier molecular flexibility index (Phi) is 6.21. The number of aromatic nitrogens is 1. The van der Waals surface area contributed by atoms with Crippen LogP contribution in [0.2, 0.25) is 0 Å². The van der Waals surface area contributed by atoms with Crippen LogP contribution in [-0.4, -0.2) is 34.2 Å². The van der Waals surface area contributed by atoms with E-state index in [2.05, 4.69) is 13.8 Å². The van der Waals surface area contributed by atoms with E-state index < -0.39 is 0 Å². The van der Waals surface area contributed by atoms with Crippen molar-refractivity contribution >= 4 is 50.1 Å². The normalized spacial score (nSPS) is 20.3. The van der Waals surface area contributed by atoms with Crippen molar-refractivity contribution in [2.45, 2.75) is 51.9 Å². The maximum Gasteiger partial charge on any atom is 0.235 e. The third-order valence-corrected chi connectivity index (χ3v) is 8.04. The third-order valence-electron chi connectivity index (χ3n) is 7.02. The molecule has 176 valence electrons. The topological polar surface area (TPSA) is 70.6 Å². The van der Waals surface area contributed by atoms with E-state index in [1.807, 2.05) is 48.5 Å². The molecule has 6 nitrogen and oxygen atoms in total. The van der Waals surface area contributed by atoms with Crippen LogP contribution in [-0.2, 0) is 14.4 Å². The maximum atomic E-state index is 13.6. The van der Waals surface area contributed by atoms with Gasteiger partial charge < -0.3 is 0 Å². The number of benzene rings is 2. The average molecular weight is 476 g/mol. The molecule has 1 saturated carbocycles. The zero-order chi connectivity index (χ0) is 23.8. The van der Waals surface area contributed by atoms with Crippen molar-refractivity contribution in [3.05, 3.63) is 54.1 Å². The van der Waals surface area contributed by atoms with E-state index in [1.165, 1.54) is 21.8 Å². The van der Waals surface area contributed by atoms with Crippen molar-refractivity contribution in [2.75, 3.05) is 11.4 Å². The van der Waals surface area contributed by atoms with Gasteiger partial charge in [-0.15, -0.1) is 0 Å². The minimum atomic E-state index is -0.194. The molecular weight excluding hydrogens is 446 g/mol. The zero-order valence-electron chi connectivity index (χ0n) is 19.6. The average Bonchev–Trinajstić information content (AvgIpc) is 3.37. The number of rotatable bonds is 6. The number of carbonyl (C=O) groups excluding carboxylic acids is 3. The summed E-state index contributed by atoms with van der Waals surface area (Å²) < 4.78 is 1.00. The van der Waals surface area contributed by atoms with Gasteiger partial charge in [0.25, 0.3) is 0 Å². The molecule has 7 heteroatoms. The highest BCUT2D eigenvalue weighted by Crippen LogP contribution is 2.39. The fourth-order valence-corrected chi connectivity index (χ4v) is 6.10. The lowest BCUT2D eigenvalue weighted by molar-refractivity contribution is -0.140. The summed E-state index contributed by atoms with van der Waals surface area (Å²) in [6.45, 7) is 4.38. The van der Waals surface area contributed by atoms with Crippen LogP contribution in [0.1, 0.15) is 57.4 Å². The van der Waals surface area contributed by atoms with Crippen LogP contribution < -0.4 is 4.90 Å². The molecule has 3 amide bonds. The summed E-state index contributed by atoms with van der Waals surface area (Å²) in [5.74, 6) is -0.380. The van der Waals surface area contributed by atoms with Crippen LogP contribution in [0.25, 0.3) is 10.2 Å². The van der Waals surface area contributed by atoms with Gasteiger partial charge in [-0.1, -0.05) is 62.3 Å². The second kappa shape index (κ2) is 9.29. The molecule has 1 aliphatic heterocycles. The van der Waals surface area contributed by atoms with Gasteiger partial charge in [0.2, 0.25) is 17.7 Å². The molecule has 2 atom stereocenters. The van der Waals surface area contributed by atoms with Crippen LogP contribution in [0.15, 0.2) is 48.5 Å². The number of thiazole rings is 1. The summed E-state index contributed by atoms with van der Waals surface area (Å²) in [7, 11) is 0. The fourth-order valence-electron chi connectivity index (χ4n) is 5.10. The SMILES string of the molecule is CC(C)c1ccc(N(C(=O)CCN2C(=O)[C@H]3CCCC[C@H]3C2=O)c2nc3ccccc3s2)cc1. The highest BCUT2D eigenvalue weighted by atomic mass is 32.1. The number of fused-ring (bicyclic) bond motifs is 2. The van der Waals surface area contributed by atoms with Crippen LogP contribution in [0.5, 0.6) is 0 Å². The van der Waals surface area contributed by atoms with E-state index in [-0.39, 0.29) is 42.5 Å². The molecule has 0 bridgehead atoms. The van der Waals surface area contributed by atoms with Crippen LogP contribution in [0, 0.1) is 11.8 Å². The van der Waals surface area contributed by atoms with E-state index in [0.29, 0.717) is 11.0 Å². The summed E-state index contributed by atoms with van der Waals surface area (Å²) in [6.07, 6.45) is 3.60. The number of carbonyl (C=O) groups is 3. The Morgan fingerprint density at radius 1 is 1.03 bits per heavy atom. The van der Waals surface area contributed by atoms with Gasteiger partial charge in [-0.05, 0) is 48.6 Å². The Balaban J connectivity index is 1.41. The largest absolute Gasteiger partial charge is 0.282 e. The first-order valence-corrected chi connectivity index (χ1v) is 12.9. The van der Waals surface area contributed by atoms with E-state index in [9.17, 15) is 14.4 Å². The molecule has 0 N–H and O–H groups in total. The zero-order valence-corrected chi connectivity index (χ0v) is 20.4. The lowest BCUT2D eigenvalue weighted by atomic mass is 9.81. The number of anilines is 2. The molecule has 0 unspecified atom stereocenters. The number of amides is 3. The molecule has 2 heterocycles. The van der Waals surface area contributed by atoms with Gasteiger partial charge in [0.1, 0.15) is 0 Å². The van der Waals surface area contributed by atoms with Crippen LogP contribution in [0.3, 0.4) is 0 Å². The Bertz CT molecular complexity index is 1180. The minimum Gasteiger partial charge on any atom is -0.282 e. The minimum absolute atomic E-state index is 0.0682. The third kappa shape index (κ3) is 4.13. The van der Waals surface area contributed by atoms with Crippen molar-refractivity contribution in [1.82, 2.24) is 9.88 Å². The van der Waals surface area contributed by atoms with Gasteiger partial charge in [-0.25, -0.2) is 4.98 Å². The van der Waals surface area contributed by atoms with Crippen molar-refractivity contribution in [3.8, 4) is 0 Å².